The van der Waals surface area contributed by atoms with Gasteiger partial charge >= 0.3 is 0 Å². The van der Waals surface area contributed by atoms with Gasteiger partial charge in [-0.3, -0.25) is 9.59 Å². The molecule has 2 rings (SSSR count). The molecule has 7 heteroatoms. The van der Waals surface area contributed by atoms with Gasteiger partial charge in [-0.25, -0.2) is 4.39 Å². The molecule has 1 aliphatic rings. The third-order valence-corrected chi connectivity index (χ3v) is 4.00. The van der Waals surface area contributed by atoms with Gasteiger partial charge in [0.05, 0.1) is 18.8 Å². The Morgan fingerprint density at radius 1 is 1.55 bits per heavy atom. The zero-order valence-corrected chi connectivity index (χ0v) is 12.6. The standard InChI is InChI=1S/C13H15BrFN3O2/c1-8-9(14)2-3-10(13(8)15)17-6-12(20)18-5-4-16-11(19)7-18/h2-3,17H,4-7H2,1H3,(H,16,19). The van der Waals surface area contributed by atoms with Crippen molar-refractivity contribution in [2.45, 2.75) is 6.92 Å². The molecule has 1 saturated heterocycles. The third kappa shape index (κ3) is 3.27. The van der Waals surface area contributed by atoms with E-state index in [2.05, 4.69) is 26.6 Å². The molecular weight excluding hydrogens is 329 g/mol. The highest BCUT2D eigenvalue weighted by atomic mass is 79.9. The number of hydrogen-bond donors (Lipinski definition) is 2. The number of nitrogens with zero attached hydrogens (tertiary/aromatic N) is 1. The average molecular weight is 344 g/mol. The Morgan fingerprint density at radius 3 is 3.00 bits per heavy atom. The lowest BCUT2D eigenvalue weighted by Crippen LogP contribution is -2.51. The van der Waals surface area contributed by atoms with Crippen molar-refractivity contribution in [2.24, 2.45) is 0 Å². The molecule has 0 bridgehead atoms. The van der Waals surface area contributed by atoms with E-state index in [1.165, 1.54) is 4.90 Å². The average Bonchev–Trinajstić information content (AvgIpc) is 2.44. The molecule has 1 aliphatic heterocycles. The largest absolute Gasteiger partial charge is 0.374 e. The van der Waals surface area contributed by atoms with E-state index in [1.807, 2.05) is 0 Å². The van der Waals surface area contributed by atoms with Crippen LogP contribution in [0.15, 0.2) is 16.6 Å². The zero-order valence-electron chi connectivity index (χ0n) is 11.0. The molecule has 1 heterocycles. The molecule has 20 heavy (non-hydrogen) atoms. The first-order chi connectivity index (χ1) is 9.49. The number of piperazine rings is 1. The van der Waals surface area contributed by atoms with E-state index < -0.39 is 0 Å². The predicted octanol–water partition coefficient (Wildman–Crippen LogP) is 1.27. The number of carbonyl (C=O) groups is 2. The van der Waals surface area contributed by atoms with Crippen LogP contribution in [-0.4, -0.2) is 42.9 Å². The van der Waals surface area contributed by atoms with Crippen molar-refractivity contribution in [3.8, 4) is 0 Å². The monoisotopic (exact) mass is 343 g/mol. The van der Waals surface area contributed by atoms with Gasteiger partial charge in [-0.2, -0.15) is 0 Å². The Hall–Kier alpha value is -1.63. The SMILES string of the molecule is Cc1c(Br)ccc(NCC(=O)N2CCNC(=O)C2)c1F. The smallest absolute Gasteiger partial charge is 0.242 e. The predicted molar refractivity (Wildman–Crippen MR) is 76.9 cm³/mol. The van der Waals surface area contributed by atoms with Crippen LogP contribution >= 0.6 is 15.9 Å². The lowest BCUT2D eigenvalue weighted by atomic mass is 10.2. The Balaban J connectivity index is 1.97. The minimum Gasteiger partial charge on any atom is -0.374 e. The topological polar surface area (TPSA) is 61.4 Å². The minimum atomic E-state index is -0.386. The molecule has 1 aromatic rings. The van der Waals surface area contributed by atoms with Gasteiger partial charge in [0, 0.05) is 23.1 Å². The Kier molecular flexibility index (Phi) is 4.59. The minimum absolute atomic E-state index is 0.0364. The van der Waals surface area contributed by atoms with Crippen LogP contribution in [0.3, 0.4) is 0 Å². The second kappa shape index (κ2) is 6.21. The lowest BCUT2D eigenvalue weighted by Gasteiger charge is -2.26. The molecule has 0 unspecified atom stereocenters. The highest BCUT2D eigenvalue weighted by Gasteiger charge is 2.21. The molecule has 2 N–H and O–H groups in total. The number of anilines is 1. The van der Waals surface area contributed by atoms with Gasteiger partial charge in [-0.15, -0.1) is 0 Å². The first-order valence-electron chi connectivity index (χ1n) is 6.22. The molecule has 0 aliphatic carbocycles. The first kappa shape index (κ1) is 14.8. The van der Waals surface area contributed by atoms with Crippen LogP contribution in [0.5, 0.6) is 0 Å². The second-order valence-electron chi connectivity index (χ2n) is 4.55. The lowest BCUT2D eigenvalue weighted by molar-refractivity contribution is -0.136. The third-order valence-electron chi connectivity index (χ3n) is 3.14. The molecule has 108 valence electrons. The zero-order chi connectivity index (χ0) is 14.7. The molecule has 1 fully saturated rings. The molecule has 1 aromatic carbocycles. The summed E-state index contributed by atoms with van der Waals surface area (Å²) in [5.74, 6) is -0.779. The Bertz CT molecular complexity index is 551. The summed E-state index contributed by atoms with van der Waals surface area (Å²) in [5, 5.41) is 5.42. The summed E-state index contributed by atoms with van der Waals surface area (Å²) >= 11 is 3.24. The fourth-order valence-corrected chi connectivity index (χ4v) is 2.24. The quantitative estimate of drug-likeness (QED) is 0.868. The number of halogens is 2. The second-order valence-corrected chi connectivity index (χ2v) is 5.41. The van der Waals surface area contributed by atoms with Gasteiger partial charge in [0.1, 0.15) is 5.82 Å². The summed E-state index contributed by atoms with van der Waals surface area (Å²) in [5.41, 5.74) is 0.764. The maximum Gasteiger partial charge on any atom is 0.242 e. The van der Waals surface area contributed by atoms with Gasteiger partial charge in [0.25, 0.3) is 0 Å². The van der Waals surface area contributed by atoms with Gasteiger partial charge < -0.3 is 15.5 Å². The van der Waals surface area contributed by atoms with Crippen LogP contribution in [0, 0.1) is 12.7 Å². The van der Waals surface area contributed by atoms with E-state index in [0.29, 0.717) is 23.1 Å². The number of amides is 2. The number of nitrogens with one attached hydrogen (secondary N) is 2. The summed E-state index contributed by atoms with van der Waals surface area (Å²) in [4.78, 5) is 24.6. The Morgan fingerprint density at radius 2 is 2.30 bits per heavy atom. The van der Waals surface area contributed by atoms with Crippen molar-refractivity contribution in [2.75, 3.05) is 31.5 Å². The Labute approximate surface area is 124 Å². The molecule has 0 spiro atoms. The number of hydrogen-bond acceptors (Lipinski definition) is 3. The van der Waals surface area contributed by atoms with E-state index in [-0.39, 0.29) is 36.4 Å². The molecule has 0 aromatic heterocycles. The van der Waals surface area contributed by atoms with Crippen molar-refractivity contribution in [1.82, 2.24) is 10.2 Å². The van der Waals surface area contributed by atoms with E-state index in [4.69, 9.17) is 0 Å². The van der Waals surface area contributed by atoms with Crippen molar-refractivity contribution in [1.29, 1.82) is 0 Å². The summed E-state index contributed by atoms with van der Waals surface area (Å²) < 4.78 is 14.6. The molecule has 2 amide bonds. The molecule has 0 saturated carbocycles. The summed E-state index contributed by atoms with van der Waals surface area (Å²) in [6.07, 6.45) is 0. The van der Waals surface area contributed by atoms with Gasteiger partial charge in [-0.05, 0) is 19.1 Å². The number of carbonyl (C=O) groups excluding carboxylic acids is 2. The summed E-state index contributed by atoms with van der Waals surface area (Å²) in [6, 6.07) is 3.29. The van der Waals surface area contributed by atoms with Crippen LogP contribution in [0.25, 0.3) is 0 Å². The normalized spacial score (nSPS) is 14.9. The van der Waals surface area contributed by atoms with Crippen LogP contribution in [0.2, 0.25) is 0 Å². The van der Waals surface area contributed by atoms with Crippen LogP contribution < -0.4 is 10.6 Å². The van der Waals surface area contributed by atoms with Crippen molar-refractivity contribution in [3.05, 3.63) is 28.0 Å². The van der Waals surface area contributed by atoms with Gasteiger partial charge in [0.15, 0.2) is 0 Å². The van der Waals surface area contributed by atoms with E-state index in [9.17, 15) is 14.0 Å². The highest BCUT2D eigenvalue weighted by molar-refractivity contribution is 9.10. The fourth-order valence-electron chi connectivity index (χ4n) is 1.93. The van der Waals surface area contributed by atoms with Gasteiger partial charge in [-0.1, -0.05) is 15.9 Å². The fraction of sp³-hybridized carbons (Fsp3) is 0.385. The molecule has 5 nitrogen and oxygen atoms in total. The van der Waals surface area contributed by atoms with E-state index in [0.717, 1.165) is 0 Å². The van der Waals surface area contributed by atoms with Crippen LogP contribution in [0.1, 0.15) is 5.56 Å². The first-order valence-corrected chi connectivity index (χ1v) is 7.01. The molecular formula is C13H15BrFN3O2. The van der Waals surface area contributed by atoms with E-state index >= 15 is 0 Å². The molecule has 0 atom stereocenters. The van der Waals surface area contributed by atoms with Crippen molar-refractivity contribution >= 4 is 33.4 Å². The summed E-state index contributed by atoms with van der Waals surface area (Å²) in [6.45, 7) is 2.61. The maximum atomic E-state index is 13.9. The van der Waals surface area contributed by atoms with Crippen LogP contribution in [0.4, 0.5) is 10.1 Å². The van der Waals surface area contributed by atoms with E-state index in [1.54, 1.807) is 19.1 Å². The highest BCUT2D eigenvalue weighted by Crippen LogP contribution is 2.24. The van der Waals surface area contributed by atoms with Crippen molar-refractivity contribution < 1.29 is 14.0 Å². The summed E-state index contributed by atoms with van der Waals surface area (Å²) in [7, 11) is 0. The van der Waals surface area contributed by atoms with Crippen molar-refractivity contribution in [3.63, 3.8) is 0 Å². The maximum absolute atomic E-state index is 13.9. The van der Waals surface area contributed by atoms with Gasteiger partial charge in [0.2, 0.25) is 11.8 Å². The van der Waals surface area contributed by atoms with Crippen LogP contribution in [-0.2, 0) is 9.59 Å². The molecule has 0 radical (unpaired) electrons. The number of rotatable bonds is 3. The number of benzene rings is 1.